The third kappa shape index (κ3) is 1.59. The normalized spacial score (nSPS) is 10.1. The van der Waals surface area contributed by atoms with E-state index < -0.39 is 0 Å². The van der Waals surface area contributed by atoms with E-state index in [9.17, 15) is 4.79 Å². The van der Waals surface area contributed by atoms with Gasteiger partial charge < -0.3 is 0 Å². The van der Waals surface area contributed by atoms with E-state index in [4.69, 9.17) is 0 Å². The maximum Gasteiger partial charge on any atom is 0.227 e. The summed E-state index contributed by atoms with van der Waals surface area (Å²) in [7, 11) is 0. The fraction of sp³-hybridized carbons (Fsp3) is 0.0833. The molecule has 1 heterocycles. The molecule has 0 saturated heterocycles. The lowest BCUT2D eigenvalue weighted by atomic mass is 10.1. The molecular formula is C12H11NO. The molecule has 2 heteroatoms. The van der Waals surface area contributed by atoms with Gasteiger partial charge in [-0.05, 0) is 17.2 Å². The molecule has 0 bridgehead atoms. The zero-order valence-corrected chi connectivity index (χ0v) is 7.97. The lowest BCUT2D eigenvalue weighted by molar-refractivity contribution is 0.0937. The topological polar surface area (TPSA) is 22.0 Å². The predicted octanol–water partition coefficient (Wildman–Crippen LogP) is 2.82. The number of hydrogen-bond donors (Lipinski definition) is 0. The summed E-state index contributed by atoms with van der Waals surface area (Å²) >= 11 is 0. The van der Waals surface area contributed by atoms with Gasteiger partial charge in [0.05, 0.1) is 0 Å². The molecule has 0 aliphatic heterocycles. The third-order valence-corrected chi connectivity index (χ3v) is 2.16. The Morgan fingerprint density at radius 1 is 1.07 bits per heavy atom. The van der Waals surface area contributed by atoms with Crippen molar-refractivity contribution in [2.75, 3.05) is 0 Å². The molecule has 0 unspecified atom stereocenters. The summed E-state index contributed by atoms with van der Waals surface area (Å²) in [6, 6.07) is 11.9. The van der Waals surface area contributed by atoms with Gasteiger partial charge in [0.1, 0.15) is 0 Å². The molecule has 0 aliphatic rings. The van der Waals surface area contributed by atoms with Crippen LogP contribution in [0, 0.1) is 0 Å². The standard InChI is InChI=1S/C12H11NO/c1-10(14)13-8-7-12(9-13)11-5-3-2-4-6-11/h2-9H,1H3. The van der Waals surface area contributed by atoms with Crippen LogP contribution in [0.1, 0.15) is 11.7 Å². The number of rotatable bonds is 1. The van der Waals surface area contributed by atoms with Crippen LogP contribution in [-0.2, 0) is 0 Å². The molecule has 0 aliphatic carbocycles. The lowest BCUT2D eigenvalue weighted by Crippen LogP contribution is -2.00. The number of hydrogen-bond acceptors (Lipinski definition) is 1. The Bertz CT molecular complexity index is 442. The first-order chi connectivity index (χ1) is 6.77. The van der Waals surface area contributed by atoms with Gasteiger partial charge in [0.15, 0.2) is 0 Å². The Morgan fingerprint density at radius 2 is 1.79 bits per heavy atom. The monoisotopic (exact) mass is 185 g/mol. The first kappa shape index (κ1) is 8.75. The lowest BCUT2D eigenvalue weighted by Gasteiger charge is -1.96. The summed E-state index contributed by atoms with van der Waals surface area (Å²) in [6.45, 7) is 1.55. The molecule has 0 fully saturated rings. The highest BCUT2D eigenvalue weighted by Gasteiger charge is 2.01. The molecule has 70 valence electrons. The van der Waals surface area contributed by atoms with Crippen LogP contribution in [0.4, 0.5) is 0 Å². The van der Waals surface area contributed by atoms with Crippen LogP contribution in [0.5, 0.6) is 0 Å². The van der Waals surface area contributed by atoms with Crippen molar-refractivity contribution in [2.45, 2.75) is 6.92 Å². The van der Waals surface area contributed by atoms with Gasteiger partial charge in [-0.1, -0.05) is 30.3 Å². The zero-order chi connectivity index (χ0) is 9.97. The van der Waals surface area contributed by atoms with Crippen LogP contribution in [0.25, 0.3) is 11.1 Å². The average molecular weight is 185 g/mol. The molecule has 0 radical (unpaired) electrons. The van der Waals surface area contributed by atoms with Gasteiger partial charge in [-0.25, -0.2) is 0 Å². The third-order valence-electron chi connectivity index (χ3n) is 2.16. The van der Waals surface area contributed by atoms with E-state index >= 15 is 0 Å². The van der Waals surface area contributed by atoms with E-state index in [1.54, 1.807) is 17.7 Å². The van der Waals surface area contributed by atoms with Gasteiger partial charge in [0, 0.05) is 19.3 Å². The first-order valence-electron chi connectivity index (χ1n) is 4.52. The molecule has 2 rings (SSSR count). The van der Waals surface area contributed by atoms with Gasteiger partial charge in [0.25, 0.3) is 0 Å². The number of aromatic nitrogens is 1. The molecule has 2 aromatic rings. The highest BCUT2D eigenvalue weighted by atomic mass is 16.1. The highest BCUT2D eigenvalue weighted by molar-refractivity contribution is 5.78. The van der Waals surface area contributed by atoms with Crippen LogP contribution in [0.15, 0.2) is 48.8 Å². The van der Waals surface area contributed by atoms with E-state index in [0.29, 0.717) is 0 Å². The minimum atomic E-state index is 0.0344. The molecule has 14 heavy (non-hydrogen) atoms. The Labute approximate surface area is 82.8 Å². The van der Waals surface area contributed by atoms with Crippen molar-refractivity contribution >= 4 is 5.91 Å². The maximum absolute atomic E-state index is 11.1. The van der Waals surface area contributed by atoms with E-state index in [1.807, 2.05) is 42.6 Å². The van der Waals surface area contributed by atoms with Gasteiger partial charge in [0.2, 0.25) is 5.91 Å². The van der Waals surface area contributed by atoms with Crippen LogP contribution >= 0.6 is 0 Å². The molecule has 0 atom stereocenters. The second-order valence-electron chi connectivity index (χ2n) is 3.19. The second-order valence-corrected chi connectivity index (χ2v) is 3.19. The van der Waals surface area contributed by atoms with Gasteiger partial charge in [-0.3, -0.25) is 9.36 Å². The fourth-order valence-electron chi connectivity index (χ4n) is 1.39. The quantitative estimate of drug-likeness (QED) is 0.669. The molecule has 0 amide bonds. The van der Waals surface area contributed by atoms with Crippen molar-refractivity contribution in [3.63, 3.8) is 0 Å². The Kier molecular flexibility index (Phi) is 2.19. The molecule has 1 aromatic carbocycles. The second kappa shape index (κ2) is 3.50. The van der Waals surface area contributed by atoms with Crippen LogP contribution < -0.4 is 0 Å². The molecule has 0 saturated carbocycles. The van der Waals surface area contributed by atoms with Crippen molar-refractivity contribution in [1.29, 1.82) is 0 Å². The van der Waals surface area contributed by atoms with E-state index in [2.05, 4.69) is 0 Å². The van der Waals surface area contributed by atoms with E-state index in [1.165, 1.54) is 0 Å². The van der Waals surface area contributed by atoms with Gasteiger partial charge in [-0.15, -0.1) is 0 Å². The minimum Gasteiger partial charge on any atom is -0.294 e. The Balaban J connectivity index is 2.39. The number of nitrogens with zero attached hydrogens (tertiary/aromatic N) is 1. The molecule has 0 spiro atoms. The summed E-state index contributed by atoms with van der Waals surface area (Å²) < 4.78 is 1.59. The zero-order valence-electron chi connectivity index (χ0n) is 7.97. The molecule has 2 nitrogen and oxygen atoms in total. The van der Waals surface area contributed by atoms with Gasteiger partial charge in [-0.2, -0.15) is 0 Å². The van der Waals surface area contributed by atoms with Crippen molar-refractivity contribution < 1.29 is 4.79 Å². The van der Waals surface area contributed by atoms with Crippen molar-refractivity contribution in [3.8, 4) is 11.1 Å². The van der Waals surface area contributed by atoms with Crippen molar-refractivity contribution in [1.82, 2.24) is 4.57 Å². The van der Waals surface area contributed by atoms with Crippen LogP contribution in [0.3, 0.4) is 0 Å². The van der Waals surface area contributed by atoms with Gasteiger partial charge >= 0.3 is 0 Å². The molecule has 0 N–H and O–H groups in total. The smallest absolute Gasteiger partial charge is 0.227 e. The molecular weight excluding hydrogens is 174 g/mol. The first-order valence-corrected chi connectivity index (χ1v) is 4.52. The van der Waals surface area contributed by atoms with E-state index in [-0.39, 0.29) is 5.91 Å². The highest BCUT2D eigenvalue weighted by Crippen LogP contribution is 2.18. The summed E-state index contributed by atoms with van der Waals surface area (Å²) in [4.78, 5) is 11.1. The summed E-state index contributed by atoms with van der Waals surface area (Å²) in [5, 5.41) is 0. The fourth-order valence-corrected chi connectivity index (χ4v) is 1.39. The largest absolute Gasteiger partial charge is 0.294 e. The maximum atomic E-state index is 11.1. The van der Waals surface area contributed by atoms with Crippen molar-refractivity contribution in [2.24, 2.45) is 0 Å². The van der Waals surface area contributed by atoms with Crippen molar-refractivity contribution in [3.05, 3.63) is 48.8 Å². The number of benzene rings is 1. The van der Waals surface area contributed by atoms with E-state index in [0.717, 1.165) is 11.1 Å². The minimum absolute atomic E-state index is 0.0344. The summed E-state index contributed by atoms with van der Waals surface area (Å²) in [6.07, 6.45) is 3.63. The summed E-state index contributed by atoms with van der Waals surface area (Å²) in [5.74, 6) is 0.0344. The molecule has 1 aromatic heterocycles. The number of carbonyl (C=O) groups is 1. The SMILES string of the molecule is CC(=O)n1ccc(-c2ccccc2)c1. The van der Waals surface area contributed by atoms with Crippen LogP contribution in [0.2, 0.25) is 0 Å². The van der Waals surface area contributed by atoms with Crippen LogP contribution in [-0.4, -0.2) is 10.5 Å². The predicted molar refractivity (Wildman–Crippen MR) is 56.2 cm³/mol. The Morgan fingerprint density at radius 3 is 2.36 bits per heavy atom. The Hall–Kier alpha value is -1.83. The summed E-state index contributed by atoms with van der Waals surface area (Å²) in [5.41, 5.74) is 2.20. The average Bonchev–Trinajstić information content (AvgIpc) is 2.68. The number of carbonyl (C=O) groups excluding carboxylic acids is 1.